The average molecular weight is 278 g/mol. The third-order valence-corrected chi connectivity index (χ3v) is 3.25. The molecule has 3 heteroatoms. The Morgan fingerprint density at radius 1 is 0.810 bits per heavy atom. The molecule has 104 valence electrons. The van der Waals surface area contributed by atoms with Gasteiger partial charge < -0.3 is 9.15 Å². The van der Waals surface area contributed by atoms with Crippen molar-refractivity contribution >= 4 is 0 Å². The van der Waals surface area contributed by atoms with Crippen LogP contribution in [0.3, 0.4) is 0 Å². The average Bonchev–Trinajstić information content (AvgIpc) is 2.55. The first-order valence-electron chi connectivity index (χ1n) is 6.61. The summed E-state index contributed by atoms with van der Waals surface area (Å²) in [5.74, 6) is 1.31. The van der Waals surface area contributed by atoms with E-state index in [1.54, 1.807) is 7.11 Å². The zero-order chi connectivity index (χ0) is 14.7. The highest BCUT2D eigenvalue weighted by Crippen LogP contribution is 2.26. The van der Waals surface area contributed by atoms with Crippen LogP contribution in [-0.4, -0.2) is 7.11 Å². The normalized spacial score (nSPS) is 10.3. The van der Waals surface area contributed by atoms with Crippen molar-refractivity contribution < 1.29 is 9.15 Å². The Morgan fingerprint density at radius 2 is 1.52 bits per heavy atom. The highest BCUT2D eigenvalue weighted by molar-refractivity contribution is 5.69. The second-order valence-electron chi connectivity index (χ2n) is 4.62. The second kappa shape index (κ2) is 5.67. The Hall–Kier alpha value is -2.81. The van der Waals surface area contributed by atoms with Crippen LogP contribution in [0.25, 0.3) is 22.5 Å². The molecule has 0 aliphatic heterocycles. The maximum Gasteiger partial charge on any atom is 0.336 e. The summed E-state index contributed by atoms with van der Waals surface area (Å²) in [6, 6.07) is 20.5. The van der Waals surface area contributed by atoms with Crippen LogP contribution < -0.4 is 10.4 Å². The van der Waals surface area contributed by atoms with Crippen LogP contribution in [0.2, 0.25) is 0 Å². The number of ether oxygens (including phenoxy) is 1. The number of hydrogen-bond acceptors (Lipinski definition) is 3. The van der Waals surface area contributed by atoms with Crippen LogP contribution in [-0.2, 0) is 0 Å². The third-order valence-electron chi connectivity index (χ3n) is 3.25. The van der Waals surface area contributed by atoms with Crippen molar-refractivity contribution in [3.8, 4) is 28.2 Å². The second-order valence-corrected chi connectivity index (χ2v) is 4.62. The lowest BCUT2D eigenvalue weighted by Crippen LogP contribution is -1.98. The largest absolute Gasteiger partial charge is 0.497 e. The molecule has 0 N–H and O–H groups in total. The predicted octanol–water partition coefficient (Wildman–Crippen LogP) is 3.98. The van der Waals surface area contributed by atoms with Crippen LogP contribution >= 0.6 is 0 Å². The topological polar surface area (TPSA) is 39.4 Å². The molecule has 0 saturated heterocycles. The molecule has 1 heterocycles. The van der Waals surface area contributed by atoms with Crippen LogP contribution in [0.15, 0.2) is 75.9 Å². The van der Waals surface area contributed by atoms with Gasteiger partial charge in [-0.1, -0.05) is 30.3 Å². The maximum absolute atomic E-state index is 11.8. The molecule has 0 radical (unpaired) electrons. The van der Waals surface area contributed by atoms with Gasteiger partial charge in [-0.3, -0.25) is 0 Å². The molecule has 0 saturated carbocycles. The molecule has 0 spiro atoms. The molecule has 0 aliphatic rings. The van der Waals surface area contributed by atoms with Gasteiger partial charge in [0.1, 0.15) is 11.5 Å². The van der Waals surface area contributed by atoms with E-state index in [9.17, 15) is 4.79 Å². The fraction of sp³-hybridized carbons (Fsp3) is 0.0556. The highest BCUT2D eigenvalue weighted by atomic mass is 16.5. The van der Waals surface area contributed by atoms with E-state index >= 15 is 0 Å². The van der Waals surface area contributed by atoms with Gasteiger partial charge in [0, 0.05) is 11.6 Å². The molecule has 3 aromatic rings. The van der Waals surface area contributed by atoms with Gasteiger partial charge in [0.15, 0.2) is 0 Å². The number of benzene rings is 2. The lowest BCUT2D eigenvalue weighted by atomic mass is 10.0. The molecule has 0 bridgehead atoms. The summed E-state index contributed by atoms with van der Waals surface area (Å²) >= 11 is 0. The summed E-state index contributed by atoms with van der Waals surface area (Å²) in [7, 11) is 1.62. The summed E-state index contributed by atoms with van der Waals surface area (Å²) in [5.41, 5.74) is 2.31. The van der Waals surface area contributed by atoms with Gasteiger partial charge in [-0.05, 0) is 41.5 Å². The minimum Gasteiger partial charge on any atom is -0.497 e. The van der Waals surface area contributed by atoms with E-state index in [-0.39, 0.29) is 5.63 Å². The van der Waals surface area contributed by atoms with Crippen LogP contribution in [0.4, 0.5) is 0 Å². The Morgan fingerprint density at radius 3 is 2.19 bits per heavy atom. The number of rotatable bonds is 3. The van der Waals surface area contributed by atoms with E-state index < -0.39 is 0 Å². The molecule has 0 unspecified atom stereocenters. The Labute approximate surface area is 122 Å². The Bertz CT molecular complexity index is 787. The van der Waals surface area contributed by atoms with Crippen molar-refractivity contribution in [1.82, 2.24) is 0 Å². The van der Waals surface area contributed by atoms with Crippen molar-refractivity contribution in [2.45, 2.75) is 0 Å². The third kappa shape index (κ3) is 2.87. The summed E-state index contributed by atoms with van der Waals surface area (Å²) in [5, 5.41) is 0. The molecule has 0 amide bonds. The van der Waals surface area contributed by atoms with Gasteiger partial charge in [-0.2, -0.15) is 0 Å². The zero-order valence-corrected chi connectivity index (χ0v) is 11.6. The van der Waals surface area contributed by atoms with Crippen LogP contribution in [0.1, 0.15) is 0 Å². The van der Waals surface area contributed by atoms with E-state index in [2.05, 4.69) is 0 Å². The number of methoxy groups -OCH3 is 1. The van der Waals surface area contributed by atoms with E-state index in [1.165, 1.54) is 6.07 Å². The minimum absolute atomic E-state index is 0.359. The van der Waals surface area contributed by atoms with Gasteiger partial charge in [0.25, 0.3) is 0 Å². The van der Waals surface area contributed by atoms with E-state index in [0.29, 0.717) is 5.76 Å². The van der Waals surface area contributed by atoms with Crippen molar-refractivity contribution in [2.24, 2.45) is 0 Å². The van der Waals surface area contributed by atoms with Gasteiger partial charge in [-0.25, -0.2) is 4.79 Å². The molecular formula is C18H14O3. The molecule has 3 rings (SSSR count). The van der Waals surface area contributed by atoms with Gasteiger partial charge in [0.05, 0.1) is 7.11 Å². The van der Waals surface area contributed by atoms with Crippen molar-refractivity contribution in [2.75, 3.05) is 7.11 Å². The summed E-state index contributed by atoms with van der Waals surface area (Å²) in [4.78, 5) is 11.8. The van der Waals surface area contributed by atoms with Crippen molar-refractivity contribution in [3.05, 3.63) is 77.2 Å². The van der Waals surface area contributed by atoms with Gasteiger partial charge >= 0.3 is 5.63 Å². The standard InChI is InChI=1S/C18H14O3/c1-20-16-9-7-14(8-10-16)17-11-15(12-18(19)21-17)13-5-3-2-4-6-13/h2-12H,1H3. The molecule has 0 atom stereocenters. The predicted molar refractivity (Wildman–Crippen MR) is 82.4 cm³/mol. The fourth-order valence-electron chi connectivity index (χ4n) is 2.17. The van der Waals surface area contributed by atoms with Crippen molar-refractivity contribution in [1.29, 1.82) is 0 Å². The molecule has 0 aliphatic carbocycles. The number of hydrogen-bond donors (Lipinski definition) is 0. The summed E-state index contributed by atoms with van der Waals surface area (Å²) in [6.45, 7) is 0. The van der Waals surface area contributed by atoms with E-state index in [1.807, 2.05) is 60.7 Å². The highest BCUT2D eigenvalue weighted by Gasteiger charge is 2.06. The molecule has 0 fully saturated rings. The molecule has 2 aromatic carbocycles. The van der Waals surface area contributed by atoms with Crippen molar-refractivity contribution in [3.63, 3.8) is 0 Å². The Balaban J connectivity index is 2.07. The van der Waals surface area contributed by atoms with Gasteiger partial charge in [0.2, 0.25) is 0 Å². The molecule has 1 aromatic heterocycles. The van der Waals surface area contributed by atoms with Crippen LogP contribution in [0, 0.1) is 0 Å². The molecule has 3 nitrogen and oxygen atoms in total. The monoisotopic (exact) mass is 278 g/mol. The first-order valence-corrected chi connectivity index (χ1v) is 6.61. The first kappa shape index (κ1) is 13.2. The zero-order valence-electron chi connectivity index (χ0n) is 11.6. The van der Waals surface area contributed by atoms with E-state index in [4.69, 9.17) is 9.15 Å². The summed E-state index contributed by atoms with van der Waals surface area (Å²) < 4.78 is 10.4. The first-order chi connectivity index (χ1) is 10.3. The maximum atomic E-state index is 11.8. The fourth-order valence-corrected chi connectivity index (χ4v) is 2.17. The van der Waals surface area contributed by atoms with Gasteiger partial charge in [-0.15, -0.1) is 0 Å². The smallest absolute Gasteiger partial charge is 0.336 e. The minimum atomic E-state index is -0.359. The lowest BCUT2D eigenvalue weighted by molar-refractivity contribution is 0.415. The molecular weight excluding hydrogens is 264 g/mol. The van der Waals surface area contributed by atoms with Crippen LogP contribution in [0.5, 0.6) is 5.75 Å². The Kier molecular flexibility index (Phi) is 3.56. The lowest BCUT2D eigenvalue weighted by Gasteiger charge is -2.05. The quantitative estimate of drug-likeness (QED) is 0.727. The summed E-state index contributed by atoms with van der Waals surface area (Å²) in [6.07, 6.45) is 0. The SMILES string of the molecule is COc1ccc(-c2cc(-c3ccccc3)cc(=O)o2)cc1. The molecule has 21 heavy (non-hydrogen) atoms. The van der Waals surface area contributed by atoms with E-state index in [0.717, 1.165) is 22.4 Å².